The maximum Gasteiger partial charge on any atom is 0.155 e. The Morgan fingerprint density at radius 3 is 2.55 bits per heavy atom. The summed E-state index contributed by atoms with van der Waals surface area (Å²) in [7, 11) is 1.71. The smallest absolute Gasteiger partial charge is 0.155 e. The number of allylic oxidation sites excluding steroid dienone is 1. The quantitative estimate of drug-likeness (QED) is 0.742. The van der Waals surface area contributed by atoms with Crippen molar-refractivity contribution in [2.45, 2.75) is 70.8 Å². The normalized spacial score (nSPS) is 43.8. The van der Waals surface area contributed by atoms with Crippen LogP contribution in [0.3, 0.4) is 0 Å². The van der Waals surface area contributed by atoms with Gasteiger partial charge in [0.2, 0.25) is 0 Å². The molecular formula is C26H34O3. The lowest BCUT2D eigenvalue weighted by atomic mass is 9.44. The Balaban J connectivity index is 1.62. The lowest BCUT2D eigenvalue weighted by Gasteiger charge is -2.61. The van der Waals surface area contributed by atoms with E-state index in [9.17, 15) is 9.90 Å². The molecule has 3 saturated carbocycles. The highest BCUT2D eigenvalue weighted by atomic mass is 16.5. The topological polar surface area (TPSA) is 46.5 Å². The second-order valence-electron chi connectivity index (χ2n) is 10.6. The molecule has 156 valence electrons. The first kappa shape index (κ1) is 19.4. The number of aliphatic hydroxyl groups is 1. The van der Waals surface area contributed by atoms with E-state index in [4.69, 9.17) is 4.74 Å². The van der Waals surface area contributed by atoms with E-state index in [1.165, 1.54) is 17.6 Å². The molecule has 1 aromatic carbocycles. The van der Waals surface area contributed by atoms with Crippen LogP contribution >= 0.6 is 0 Å². The predicted octanol–water partition coefficient (Wildman–Crippen LogP) is 5.28. The van der Waals surface area contributed by atoms with Crippen molar-refractivity contribution in [3.8, 4) is 5.75 Å². The van der Waals surface area contributed by atoms with Crippen LogP contribution in [0.4, 0.5) is 0 Å². The summed E-state index contributed by atoms with van der Waals surface area (Å²) in [6, 6.07) is 8.63. The highest BCUT2D eigenvalue weighted by molar-refractivity contribution is 5.91. The fourth-order valence-electron chi connectivity index (χ4n) is 7.89. The number of aliphatic hydroxyl groups excluding tert-OH is 1. The zero-order valence-electron chi connectivity index (χ0n) is 18.0. The molecule has 0 saturated heterocycles. The van der Waals surface area contributed by atoms with Crippen LogP contribution in [0.25, 0.3) is 0 Å². The first-order valence-electron chi connectivity index (χ1n) is 11.4. The molecule has 0 radical (unpaired) electrons. The number of hydrogen-bond donors (Lipinski definition) is 1. The van der Waals surface area contributed by atoms with Crippen molar-refractivity contribution in [1.82, 2.24) is 0 Å². The zero-order chi connectivity index (χ0) is 20.4. The van der Waals surface area contributed by atoms with Gasteiger partial charge in [-0.25, -0.2) is 0 Å². The molecule has 2 unspecified atom stereocenters. The van der Waals surface area contributed by atoms with E-state index in [1.54, 1.807) is 7.11 Å². The second kappa shape index (κ2) is 6.70. The molecule has 3 nitrogen and oxygen atoms in total. The number of carbonyl (C=O) groups is 1. The van der Waals surface area contributed by atoms with E-state index in [-0.39, 0.29) is 16.9 Å². The lowest BCUT2D eigenvalue weighted by Crippen LogP contribution is -2.54. The maximum absolute atomic E-state index is 12.2. The standard InChI is InChI=1S/C26H34O3/c1-25-13-12-18(27)14-17(25)6-9-20-22-10-11-23(28)26(22,2)15-21(24(20)25)16-4-7-19(29-3)8-5-16/h4-5,7-8,14,20-24,28H,6,9-13,15H2,1-3H3/t20-,21?,22-,23-,24?,25-,26-/m0/s1. The van der Waals surface area contributed by atoms with Gasteiger partial charge in [0.25, 0.3) is 0 Å². The zero-order valence-corrected chi connectivity index (χ0v) is 18.0. The number of benzene rings is 1. The third kappa shape index (κ3) is 2.76. The Labute approximate surface area is 174 Å². The highest BCUT2D eigenvalue weighted by Crippen LogP contribution is 2.68. The third-order valence-corrected chi connectivity index (χ3v) is 9.42. The summed E-state index contributed by atoms with van der Waals surface area (Å²) in [5.74, 6) is 3.41. The molecule has 1 N–H and O–H groups in total. The van der Waals surface area contributed by atoms with Gasteiger partial charge < -0.3 is 9.84 Å². The molecule has 29 heavy (non-hydrogen) atoms. The summed E-state index contributed by atoms with van der Waals surface area (Å²) >= 11 is 0. The minimum Gasteiger partial charge on any atom is -0.497 e. The summed E-state index contributed by atoms with van der Waals surface area (Å²) in [5, 5.41) is 11.0. The minimum absolute atomic E-state index is 0.00776. The molecule has 3 fully saturated rings. The maximum atomic E-state index is 12.2. The molecule has 0 spiro atoms. The minimum atomic E-state index is -0.188. The monoisotopic (exact) mass is 394 g/mol. The summed E-state index contributed by atoms with van der Waals surface area (Å²) in [6.45, 7) is 4.78. The number of ketones is 1. The van der Waals surface area contributed by atoms with Gasteiger partial charge in [0.1, 0.15) is 5.75 Å². The second-order valence-corrected chi connectivity index (χ2v) is 10.6. The number of rotatable bonds is 2. The van der Waals surface area contributed by atoms with Gasteiger partial charge in [-0.05, 0) is 96.8 Å². The van der Waals surface area contributed by atoms with Crippen molar-refractivity contribution in [2.24, 2.45) is 28.6 Å². The van der Waals surface area contributed by atoms with Gasteiger partial charge in [-0.3, -0.25) is 4.79 Å². The van der Waals surface area contributed by atoms with Gasteiger partial charge in [-0.2, -0.15) is 0 Å². The Kier molecular flexibility index (Phi) is 4.47. The Morgan fingerprint density at radius 2 is 1.83 bits per heavy atom. The Hall–Kier alpha value is -1.61. The Bertz CT molecular complexity index is 840. The van der Waals surface area contributed by atoms with Crippen LogP contribution < -0.4 is 4.74 Å². The average molecular weight is 395 g/mol. The van der Waals surface area contributed by atoms with Crippen LogP contribution in [-0.2, 0) is 4.79 Å². The molecule has 4 aliphatic carbocycles. The van der Waals surface area contributed by atoms with Crippen molar-refractivity contribution >= 4 is 5.78 Å². The SMILES string of the molecule is COc1ccc(C2C[C@]3(C)[C@@H](O)CC[C@H]3[C@@H]3CCC4=CC(=O)CC[C@]4(C)C23)cc1. The Morgan fingerprint density at radius 1 is 1.07 bits per heavy atom. The van der Waals surface area contributed by atoms with Crippen molar-refractivity contribution in [1.29, 1.82) is 0 Å². The van der Waals surface area contributed by atoms with Crippen molar-refractivity contribution in [3.05, 3.63) is 41.5 Å². The highest BCUT2D eigenvalue weighted by Gasteiger charge is 2.62. The van der Waals surface area contributed by atoms with Gasteiger partial charge >= 0.3 is 0 Å². The molecule has 4 aliphatic rings. The van der Waals surface area contributed by atoms with Crippen LogP contribution in [0.2, 0.25) is 0 Å². The fraction of sp³-hybridized carbons (Fsp3) is 0.654. The van der Waals surface area contributed by atoms with Gasteiger partial charge in [-0.15, -0.1) is 0 Å². The van der Waals surface area contributed by atoms with Crippen LogP contribution in [-0.4, -0.2) is 24.1 Å². The van der Waals surface area contributed by atoms with Gasteiger partial charge in [0, 0.05) is 6.42 Å². The molecule has 0 amide bonds. The van der Waals surface area contributed by atoms with Crippen molar-refractivity contribution in [2.75, 3.05) is 7.11 Å². The van der Waals surface area contributed by atoms with E-state index >= 15 is 0 Å². The van der Waals surface area contributed by atoms with Crippen molar-refractivity contribution < 1.29 is 14.6 Å². The molecular weight excluding hydrogens is 360 g/mol. The fourth-order valence-corrected chi connectivity index (χ4v) is 7.89. The van der Waals surface area contributed by atoms with E-state index in [2.05, 4.69) is 38.1 Å². The largest absolute Gasteiger partial charge is 0.497 e. The molecule has 3 heteroatoms. The van der Waals surface area contributed by atoms with E-state index in [0.717, 1.165) is 37.9 Å². The third-order valence-electron chi connectivity index (χ3n) is 9.42. The first-order valence-corrected chi connectivity index (χ1v) is 11.4. The number of hydrogen-bond acceptors (Lipinski definition) is 3. The molecule has 5 rings (SSSR count). The molecule has 1 aromatic rings. The summed E-state index contributed by atoms with van der Waals surface area (Å²) in [6.07, 6.45) is 8.83. The average Bonchev–Trinajstić information content (AvgIpc) is 3.02. The summed E-state index contributed by atoms with van der Waals surface area (Å²) < 4.78 is 5.40. The molecule has 0 bridgehead atoms. The number of ether oxygens (including phenoxy) is 1. The summed E-state index contributed by atoms with van der Waals surface area (Å²) in [4.78, 5) is 12.2. The van der Waals surface area contributed by atoms with Gasteiger partial charge in [0.15, 0.2) is 5.78 Å². The van der Waals surface area contributed by atoms with E-state index in [1.807, 2.05) is 6.08 Å². The number of fused-ring (bicyclic) bond motifs is 5. The van der Waals surface area contributed by atoms with Crippen LogP contribution in [0.5, 0.6) is 5.75 Å². The van der Waals surface area contributed by atoms with Crippen LogP contribution in [0, 0.1) is 28.6 Å². The first-order chi connectivity index (χ1) is 13.9. The molecule has 0 aliphatic heterocycles. The molecule has 0 heterocycles. The lowest BCUT2D eigenvalue weighted by molar-refractivity contribution is -0.118. The number of methoxy groups -OCH3 is 1. The van der Waals surface area contributed by atoms with Gasteiger partial charge in [-0.1, -0.05) is 31.6 Å². The predicted molar refractivity (Wildman–Crippen MR) is 114 cm³/mol. The summed E-state index contributed by atoms with van der Waals surface area (Å²) in [5.41, 5.74) is 2.89. The van der Waals surface area contributed by atoms with Crippen LogP contribution in [0.15, 0.2) is 35.9 Å². The van der Waals surface area contributed by atoms with Gasteiger partial charge in [0.05, 0.1) is 13.2 Å². The van der Waals surface area contributed by atoms with Crippen LogP contribution in [0.1, 0.15) is 70.3 Å². The van der Waals surface area contributed by atoms with Crippen molar-refractivity contribution in [3.63, 3.8) is 0 Å². The van der Waals surface area contributed by atoms with E-state index in [0.29, 0.717) is 35.9 Å². The molecule has 7 atom stereocenters. The molecule has 0 aromatic heterocycles. The van der Waals surface area contributed by atoms with E-state index < -0.39 is 0 Å². The number of carbonyl (C=O) groups excluding carboxylic acids is 1.